The zero-order chi connectivity index (χ0) is 12.7. The van der Waals surface area contributed by atoms with Crippen molar-refractivity contribution in [2.24, 2.45) is 0 Å². The molecule has 0 radical (unpaired) electrons. The highest BCUT2D eigenvalue weighted by atomic mass is 32.2. The number of hydrogen-bond donors (Lipinski definition) is 1. The molecule has 0 amide bonds. The Hall–Kier alpha value is -0.480. The summed E-state index contributed by atoms with van der Waals surface area (Å²) in [6.45, 7) is 4.24. The van der Waals surface area contributed by atoms with E-state index in [0.717, 1.165) is 0 Å². The average molecular weight is 276 g/mol. The number of rotatable bonds is 7. The van der Waals surface area contributed by atoms with Crippen molar-refractivity contribution in [1.82, 2.24) is 0 Å². The van der Waals surface area contributed by atoms with Gasteiger partial charge in [-0.3, -0.25) is 4.57 Å². The van der Waals surface area contributed by atoms with Crippen molar-refractivity contribution in [2.75, 3.05) is 18.7 Å². The van der Waals surface area contributed by atoms with Gasteiger partial charge < -0.3 is 14.2 Å². The molecule has 0 aliphatic heterocycles. The van der Waals surface area contributed by atoms with Gasteiger partial charge in [-0.1, -0.05) is 12.1 Å². The highest BCUT2D eigenvalue weighted by molar-refractivity contribution is 8.04. The van der Waals surface area contributed by atoms with Crippen LogP contribution in [0.25, 0.3) is 0 Å². The van der Waals surface area contributed by atoms with E-state index in [-0.39, 0.29) is 11.2 Å². The van der Waals surface area contributed by atoms with Crippen LogP contribution in [0.1, 0.15) is 13.8 Å². The second-order valence-corrected chi connectivity index (χ2v) is 6.69. The number of benzene rings is 1. The van der Waals surface area contributed by atoms with E-state index in [0.29, 0.717) is 18.1 Å². The number of phenols is 1. The number of phenolic OH excluding ortho intramolecular Hbond substituents is 1. The lowest BCUT2D eigenvalue weighted by atomic mass is 10.3. The van der Waals surface area contributed by atoms with Crippen molar-refractivity contribution in [3.05, 3.63) is 24.3 Å². The highest BCUT2D eigenvalue weighted by Crippen LogP contribution is 2.52. The van der Waals surface area contributed by atoms with Gasteiger partial charge in [0.15, 0.2) is 0 Å². The Morgan fingerprint density at radius 2 is 1.82 bits per heavy atom. The van der Waals surface area contributed by atoms with Crippen LogP contribution in [0.15, 0.2) is 29.2 Å². The normalized spacial score (nSPS) is 11.6. The van der Waals surface area contributed by atoms with Gasteiger partial charge >= 0.3 is 7.60 Å². The van der Waals surface area contributed by atoms with Crippen LogP contribution in [0.3, 0.4) is 0 Å². The largest absolute Gasteiger partial charge is 0.507 e. The summed E-state index contributed by atoms with van der Waals surface area (Å²) >= 11 is 1.27. The van der Waals surface area contributed by atoms with Crippen molar-refractivity contribution >= 4 is 19.4 Å². The maximum atomic E-state index is 12.2. The molecule has 1 aromatic carbocycles. The summed E-state index contributed by atoms with van der Waals surface area (Å²) in [6.07, 6.45) is 0. The standard InChI is InChI=1S/C11H17O4PS/c1-3-14-16(13,15-4-2)9-17-11-8-6-5-7-10(11)12/h5-8,12H,3-4,9H2,1-2H3. The molecule has 0 aromatic heterocycles. The Balaban J connectivity index is 2.64. The molecule has 0 aliphatic rings. The summed E-state index contributed by atoms with van der Waals surface area (Å²) in [5.41, 5.74) is 0.201. The molecular formula is C11H17O4PS. The molecule has 1 N–H and O–H groups in total. The molecule has 0 saturated heterocycles. The van der Waals surface area contributed by atoms with E-state index in [1.54, 1.807) is 32.0 Å². The van der Waals surface area contributed by atoms with Crippen LogP contribution in [-0.4, -0.2) is 23.8 Å². The Kier molecular flexibility index (Phi) is 6.06. The van der Waals surface area contributed by atoms with E-state index in [9.17, 15) is 9.67 Å². The monoisotopic (exact) mass is 276 g/mol. The summed E-state index contributed by atoms with van der Waals surface area (Å²) in [5.74, 6) is 0.178. The third-order valence-corrected chi connectivity index (χ3v) is 5.64. The number of aromatic hydroxyl groups is 1. The molecule has 0 atom stereocenters. The first-order valence-corrected chi connectivity index (χ1v) is 8.11. The quantitative estimate of drug-likeness (QED) is 0.607. The lowest BCUT2D eigenvalue weighted by molar-refractivity contribution is 0.224. The van der Waals surface area contributed by atoms with Crippen LogP contribution in [0.2, 0.25) is 0 Å². The van der Waals surface area contributed by atoms with E-state index in [1.165, 1.54) is 11.8 Å². The second kappa shape index (κ2) is 7.07. The molecule has 17 heavy (non-hydrogen) atoms. The number of para-hydroxylation sites is 1. The predicted octanol–water partition coefficient (Wildman–Crippen LogP) is 3.71. The predicted molar refractivity (Wildman–Crippen MR) is 69.7 cm³/mol. The first kappa shape index (κ1) is 14.6. The van der Waals surface area contributed by atoms with Crippen molar-refractivity contribution < 1.29 is 18.7 Å². The highest BCUT2D eigenvalue weighted by Gasteiger charge is 2.24. The fourth-order valence-electron chi connectivity index (χ4n) is 1.23. The minimum Gasteiger partial charge on any atom is -0.507 e. The smallest absolute Gasteiger partial charge is 0.340 e. The fourth-order valence-corrected chi connectivity index (χ4v) is 4.27. The van der Waals surface area contributed by atoms with Gasteiger partial charge in [0, 0.05) is 4.90 Å². The molecule has 96 valence electrons. The zero-order valence-corrected chi connectivity index (χ0v) is 11.7. The van der Waals surface area contributed by atoms with Crippen LogP contribution in [0, 0.1) is 0 Å². The van der Waals surface area contributed by atoms with E-state index >= 15 is 0 Å². The molecule has 0 unspecified atom stereocenters. The van der Waals surface area contributed by atoms with E-state index in [4.69, 9.17) is 9.05 Å². The maximum absolute atomic E-state index is 12.2. The Morgan fingerprint density at radius 1 is 1.24 bits per heavy atom. The molecule has 4 nitrogen and oxygen atoms in total. The summed E-state index contributed by atoms with van der Waals surface area (Å²) in [5, 5.41) is 9.57. The lowest BCUT2D eigenvalue weighted by Gasteiger charge is -2.16. The average Bonchev–Trinajstić information content (AvgIpc) is 2.29. The molecule has 0 bridgehead atoms. The van der Waals surface area contributed by atoms with Crippen LogP contribution in [0.4, 0.5) is 0 Å². The summed E-state index contributed by atoms with van der Waals surface area (Å²) in [6, 6.07) is 6.91. The van der Waals surface area contributed by atoms with Gasteiger partial charge in [-0.2, -0.15) is 0 Å². The van der Waals surface area contributed by atoms with Crippen molar-refractivity contribution in [1.29, 1.82) is 0 Å². The molecule has 0 saturated carbocycles. The second-order valence-electron chi connectivity index (χ2n) is 3.19. The number of thioether (sulfide) groups is 1. The topological polar surface area (TPSA) is 55.8 Å². The first-order chi connectivity index (χ1) is 8.11. The van der Waals surface area contributed by atoms with Gasteiger partial charge in [-0.25, -0.2) is 0 Å². The van der Waals surface area contributed by atoms with Gasteiger partial charge in [0.1, 0.15) is 11.2 Å². The third-order valence-electron chi connectivity index (χ3n) is 1.90. The maximum Gasteiger partial charge on any atom is 0.340 e. The summed E-state index contributed by atoms with van der Waals surface area (Å²) < 4.78 is 22.5. The van der Waals surface area contributed by atoms with Crippen molar-refractivity contribution in [3.8, 4) is 5.75 Å². The summed E-state index contributed by atoms with van der Waals surface area (Å²) in [4.78, 5) is 0.673. The van der Waals surface area contributed by atoms with Gasteiger partial charge in [0.05, 0.1) is 13.2 Å². The Labute approximate surface area is 106 Å². The van der Waals surface area contributed by atoms with Gasteiger partial charge in [0.25, 0.3) is 0 Å². The van der Waals surface area contributed by atoms with Gasteiger partial charge in [-0.05, 0) is 26.0 Å². The molecule has 0 spiro atoms. The SMILES string of the molecule is CCOP(=O)(CSc1ccccc1O)OCC. The lowest BCUT2D eigenvalue weighted by Crippen LogP contribution is -1.97. The van der Waals surface area contributed by atoms with Crippen LogP contribution in [0.5, 0.6) is 5.75 Å². The van der Waals surface area contributed by atoms with Gasteiger partial charge in [-0.15, -0.1) is 11.8 Å². The van der Waals surface area contributed by atoms with E-state index in [2.05, 4.69) is 0 Å². The summed E-state index contributed by atoms with van der Waals surface area (Å²) in [7, 11) is -3.05. The Morgan fingerprint density at radius 3 is 2.35 bits per heavy atom. The minimum absolute atomic E-state index is 0.178. The molecule has 0 heterocycles. The third kappa shape index (κ3) is 4.72. The molecule has 0 aliphatic carbocycles. The molecule has 1 aromatic rings. The minimum atomic E-state index is -3.05. The zero-order valence-electron chi connectivity index (χ0n) is 9.96. The molecule has 0 fully saturated rings. The van der Waals surface area contributed by atoms with E-state index in [1.807, 2.05) is 6.07 Å². The van der Waals surface area contributed by atoms with Crippen molar-refractivity contribution in [3.63, 3.8) is 0 Å². The Bertz CT molecular complexity index is 387. The van der Waals surface area contributed by atoms with E-state index < -0.39 is 7.60 Å². The molecular weight excluding hydrogens is 259 g/mol. The van der Waals surface area contributed by atoms with Gasteiger partial charge in [0.2, 0.25) is 0 Å². The van der Waals surface area contributed by atoms with Crippen LogP contribution in [-0.2, 0) is 13.6 Å². The molecule has 6 heteroatoms. The van der Waals surface area contributed by atoms with Crippen LogP contribution >= 0.6 is 19.4 Å². The van der Waals surface area contributed by atoms with Crippen molar-refractivity contribution in [2.45, 2.75) is 18.7 Å². The number of hydrogen-bond acceptors (Lipinski definition) is 5. The fraction of sp³-hybridized carbons (Fsp3) is 0.455. The van der Waals surface area contributed by atoms with Crippen LogP contribution < -0.4 is 0 Å². The molecule has 1 rings (SSSR count). The first-order valence-electron chi connectivity index (χ1n) is 5.40.